The SMILES string of the molecule is Cc1cc(-c2cccc(C(=O)O)c2C)ccc1F. The van der Waals surface area contributed by atoms with Gasteiger partial charge in [0, 0.05) is 0 Å². The molecule has 0 aliphatic rings. The van der Waals surface area contributed by atoms with Crippen LogP contribution in [0.4, 0.5) is 4.39 Å². The average Bonchev–Trinajstić information content (AvgIpc) is 2.33. The number of aromatic carboxylic acids is 1. The molecule has 0 bridgehead atoms. The summed E-state index contributed by atoms with van der Waals surface area (Å²) >= 11 is 0. The summed E-state index contributed by atoms with van der Waals surface area (Å²) in [5, 5.41) is 9.08. The molecule has 92 valence electrons. The van der Waals surface area contributed by atoms with E-state index in [2.05, 4.69) is 0 Å². The van der Waals surface area contributed by atoms with Crippen molar-refractivity contribution in [3.63, 3.8) is 0 Å². The molecule has 2 rings (SSSR count). The molecule has 0 spiro atoms. The zero-order valence-electron chi connectivity index (χ0n) is 10.2. The van der Waals surface area contributed by atoms with Crippen LogP contribution in [0.15, 0.2) is 36.4 Å². The Hall–Kier alpha value is -2.16. The molecule has 2 aromatic rings. The van der Waals surface area contributed by atoms with Crippen molar-refractivity contribution in [3.8, 4) is 11.1 Å². The number of hydrogen-bond donors (Lipinski definition) is 1. The Kier molecular flexibility index (Phi) is 3.15. The highest BCUT2D eigenvalue weighted by Gasteiger charge is 2.11. The molecule has 2 aromatic carbocycles. The van der Waals surface area contributed by atoms with Gasteiger partial charge in [0.05, 0.1) is 5.56 Å². The molecule has 0 atom stereocenters. The molecule has 0 heterocycles. The minimum atomic E-state index is -0.951. The molecule has 18 heavy (non-hydrogen) atoms. The van der Waals surface area contributed by atoms with E-state index in [1.165, 1.54) is 6.07 Å². The van der Waals surface area contributed by atoms with Crippen molar-refractivity contribution < 1.29 is 14.3 Å². The molecular formula is C15H13FO2. The summed E-state index contributed by atoms with van der Waals surface area (Å²) in [5.41, 5.74) is 3.16. The Morgan fingerprint density at radius 3 is 2.50 bits per heavy atom. The third kappa shape index (κ3) is 2.12. The van der Waals surface area contributed by atoms with Gasteiger partial charge in [-0.05, 0) is 54.3 Å². The molecule has 0 amide bonds. The summed E-state index contributed by atoms with van der Waals surface area (Å²) in [5.74, 6) is -1.21. The summed E-state index contributed by atoms with van der Waals surface area (Å²) in [7, 11) is 0. The number of hydrogen-bond acceptors (Lipinski definition) is 1. The van der Waals surface area contributed by atoms with Crippen LogP contribution in [0.2, 0.25) is 0 Å². The Labute approximate surface area is 105 Å². The number of benzene rings is 2. The lowest BCUT2D eigenvalue weighted by molar-refractivity contribution is 0.0696. The molecule has 0 aromatic heterocycles. The number of carbonyl (C=O) groups is 1. The largest absolute Gasteiger partial charge is 0.478 e. The van der Waals surface area contributed by atoms with Crippen molar-refractivity contribution in [1.29, 1.82) is 0 Å². The van der Waals surface area contributed by atoms with Crippen LogP contribution in [0, 0.1) is 19.7 Å². The van der Waals surface area contributed by atoms with Crippen LogP contribution < -0.4 is 0 Å². The molecule has 3 heteroatoms. The van der Waals surface area contributed by atoms with E-state index in [-0.39, 0.29) is 11.4 Å². The van der Waals surface area contributed by atoms with Gasteiger partial charge in [0.25, 0.3) is 0 Å². The normalized spacial score (nSPS) is 10.4. The van der Waals surface area contributed by atoms with Crippen molar-refractivity contribution in [3.05, 3.63) is 58.9 Å². The molecule has 0 unspecified atom stereocenters. The van der Waals surface area contributed by atoms with E-state index in [9.17, 15) is 9.18 Å². The zero-order valence-corrected chi connectivity index (χ0v) is 10.2. The van der Waals surface area contributed by atoms with Gasteiger partial charge in [-0.3, -0.25) is 0 Å². The molecule has 0 radical (unpaired) electrons. The predicted octanol–water partition coefficient (Wildman–Crippen LogP) is 3.81. The molecule has 0 saturated heterocycles. The van der Waals surface area contributed by atoms with Gasteiger partial charge in [0.1, 0.15) is 5.82 Å². The number of carboxylic acids is 1. The van der Waals surface area contributed by atoms with Gasteiger partial charge in [0.2, 0.25) is 0 Å². The molecule has 0 saturated carbocycles. The highest BCUT2D eigenvalue weighted by molar-refractivity contribution is 5.92. The first kappa shape index (κ1) is 12.3. The fourth-order valence-electron chi connectivity index (χ4n) is 1.99. The lowest BCUT2D eigenvalue weighted by Gasteiger charge is -2.09. The van der Waals surface area contributed by atoms with Crippen LogP contribution in [0.3, 0.4) is 0 Å². The number of rotatable bonds is 2. The van der Waals surface area contributed by atoms with Crippen LogP contribution in [0.25, 0.3) is 11.1 Å². The molecular weight excluding hydrogens is 231 g/mol. The van der Waals surface area contributed by atoms with E-state index in [1.807, 2.05) is 6.07 Å². The fourth-order valence-corrected chi connectivity index (χ4v) is 1.99. The van der Waals surface area contributed by atoms with Crippen LogP contribution in [-0.4, -0.2) is 11.1 Å². The van der Waals surface area contributed by atoms with E-state index < -0.39 is 5.97 Å². The quantitative estimate of drug-likeness (QED) is 0.872. The second kappa shape index (κ2) is 4.61. The molecule has 2 nitrogen and oxygen atoms in total. The van der Waals surface area contributed by atoms with Crippen molar-refractivity contribution >= 4 is 5.97 Å². The van der Waals surface area contributed by atoms with E-state index in [1.54, 1.807) is 38.1 Å². The monoisotopic (exact) mass is 244 g/mol. The van der Waals surface area contributed by atoms with Gasteiger partial charge in [-0.1, -0.05) is 18.2 Å². The van der Waals surface area contributed by atoms with Crippen molar-refractivity contribution in [1.82, 2.24) is 0 Å². The summed E-state index contributed by atoms with van der Waals surface area (Å²) in [6, 6.07) is 9.90. The van der Waals surface area contributed by atoms with Gasteiger partial charge < -0.3 is 5.11 Å². The smallest absolute Gasteiger partial charge is 0.335 e. The topological polar surface area (TPSA) is 37.3 Å². The summed E-state index contributed by atoms with van der Waals surface area (Å²) in [6.07, 6.45) is 0. The number of halogens is 1. The van der Waals surface area contributed by atoms with Gasteiger partial charge in [0.15, 0.2) is 0 Å². The molecule has 0 fully saturated rings. The van der Waals surface area contributed by atoms with E-state index >= 15 is 0 Å². The van der Waals surface area contributed by atoms with Gasteiger partial charge in [-0.25, -0.2) is 9.18 Å². The van der Waals surface area contributed by atoms with Crippen LogP contribution in [0.5, 0.6) is 0 Å². The van der Waals surface area contributed by atoms with Gasteiger partial charge in [-0.15, -0.1) is 0 Å². The Morgan fingerprint density at radius 2 is 1.89 bits per heavy atom. The molecule has 0 aliphatic heterocycles. The van der Waals surface area contributed by atoms with Crippen molar-refractivity contribution in [2.75, 3.05) is 0 Å². The third-order valence-electron chi connectivity index (χ3n) is 3.03. The standard InChI is InChI=1S/C15H13FO2/c1-9-8-11(6-7-14(9)16)12-4-3-5-13(10(12)2)15(17)18/h3-8H,1-2H3,(H,17,18). The minimum Gasteiger partial charge on any atom is -0.478 e. The maximum Gasteiger partial charge on any atom is 0.335 e. The first-order valence-electron chi connectivity index (χ1n) is 5.60. The molecule has 1 N–H and O–H groups in total. The van der Waals surface area contributed by atoms with Gasteiger partial charge >= 0.3 is 5.97 Å². The Bertz CT molecular complexity index is 618. The van der Waals surface area contributed by atoms with E-state index in [4.69, 9.17) is 5.11 Å². The third-order valence-corrected chi connectivity index (χ3v) is 3.03. The highest BCUT2D eigenvalue weighted by atomic mass is 19.1. The Balaban J connectivity index is 2.60. The first-order chi connectivity index (χ1) is 8.50. The number of aryl methyl sites for hydroxylation is 1. The van der Waals surface area contributed by atoms with E-state index in [0.717, 1.165) is 11.1 Å². The first-order valence-corrected chi connectivity index (χ1v) is 5.60. The second-order valence-corrected chi connectivity index (χ2v) is 4.25. The fraction of sp³-hybridized carbons (Fsp3) is 0.133. The maximum absolute atomic E-state index is 13.2. The van der Waals surface area contributed by atoms with E-state index in [0.29, 0.717) is 11.1 Å². The lowest BCUT2D eigenvalue weighted by atomic mass is 9.95. The summed E-state index contributed by atoms with van der Waals surface area (Å²) in [4.78, 5) is 11.1. The second-order valence-electron chi connectivity index (χ2n) is 4.25. The van der Waals surface area contributed by atoms with Crippen molar-refractivity contribution in [2.45, 2.75) is 13.8 Å². The zero-order chi connectivity index (χ0) is 13.3. The van der Waals surface area contributed by atoms with Crippen LogP contribution in [0.1, 0.15) is 21.5 Å². The maximum atomic E-state index is 13.2. The summed E-state index contributed by atoms with van der Waals surface area (Å²) in [6.45, 7) is 3.45. The van der Waals surface area contributed by atoms with Crippen molar-refractivity contribution in [2.24, 2.45) is 0 Å². The van der Waals surface area contributed by atoms with Crippen LogP contribution in [-0.2, 0) is 0 Å². The Morgan fingerprint density at radius 1 is 1.17 bits per heavy atom. The molecule has 0 aliphatic carbocycles. The highest BCUT2D eigenvalue weighted by Crippen LogP contribution is 2.27. The minimum absolute atomic E-state index is 0.259. The summed E-state index contributed by atoms with van der Waals surface area (Å²) < 4.78 is 13.2. The number of carboxylic acid groups (broad SMARTS) is 1. The average molecular weight is 244 g/mol. The predicted molar refractivity (Wildman–Crippen MR) is 68.3 cm³/mol. The lowest BCUT2D eigenvalue weighted by Crippen LogP contribution is -2.00. The van der Waals surface area contributed by atoms with Crippen LogP contribution >= 0.6 is 0 Å². The van der Waals surface area contributed by atoms with Gasteiger partial charge in [-0.2, -0.15) is 0 Å².